The summed E-state index contributed by atoms with van der Waals surface area (Å²) in [6, 6.07) is 0. The van der Waals surface area contributed by atoms with Crippen LogP contribution in [-0.4, -0.2) is 0 Å². The van der Waals surface area contributed by atoms with Gasteiger partial charge in [0.2, 0.25) is 0 Å². The molecular weight excluding hydrogens is 204 g/mol. The molecule has 0 rings (SSSR count). The van der Waals surface area contributed by atoms with E-state index >= 15 is 0 Å². The third-order valence-electron chi connectivity index (χ3n) is 3.12. The van der Waals surface area contributed by atoms with Gasteiger partial charge >= 0.3 is 0 Å². The molecule has 100 valence electrons. The van der Waals surface area contributed by atoms with Crippen LogP contribution in [-0.2, 0) is 0 Å². The first-order valence-electron chi connectivity index (χ1n) is 7.68. The maximum atomic E-state index is 2.38. The lowest BCUT2D eigenvalue weighted by molar-refractivity contribution is 0.592. The van der Waals surface area contributed by atoms with E-state index in [2.05, 4.69) is 38.2 Å². The molecule has 0 aromatic carbocycles. The minimum atomic E-state index is 1.23. The molecule has 0 spiro atoms. The predicted octanol–water partition coefficient (Wildman–Crippen LogP) is 6.43. The zero-order valence-corrected chi connectivity index (χ0v) is 12.1. The van der Waals surface area contributed by atoms with E-state index in [1.165, 1.54) is 70.6 Å². The largest absolute Gasteiger partial charge is 0.0917 e. The van der Waals surface area contributed by atoms with Crippen molar-refractivity contribution in [2.45, 2.75) is 84.5 Å². The molecule has 0 aromatic rings. The Morgan fingerprint density at radius 2 is 1.12 bits per heavy atom. The fourth-order valence-corrected chi connectivity index (χ4v) is 1.98. The van der Waals surface area contributed by atoms with Gasteiger partial charge < -0.3 is 0 Å². The van der Waals surface area contributed by atoms with Gasteiger partial charge in [-0.3, -0.25) is 0 Å². The standard InChI is InChI=1S/C17H32/c1-3-5-7-9-11-13-15-17-16-14-12-10-8-6-4-2/h3,5,13,15H,4,6-12,14,16-17H2,1-2H3/b5-3+,15-13+. The van der Waals surface area contributed by atoms with Gasteiger partial charge in [0.05, 0.1) is 0 Å². The van der Waals surface area contributed by atoms with Crippen molar-refractivity contribution in [2.24, 2.45) is 0 Å². The zero-order valence-electron chi connectivity index (χ0n) is 12.1. The molecule has 0 radical (unpaired) electrons. The molecule has 0 saturated heterocycles. The molecule has 0 unspecified atom stereocenters. The minimum Gasteiger partial charge on any atom is -0.0917 e. The van der Waals surface area contributed by atoms with Crippen LogP contribution in [0.4, 0.5) is 0 Å². The number of rotatable bonds is 12. The SMILES string of the molecule is C/C=C/CCC/C=C/CCCCCCCCC. The van der Waals surface area contributed by atoms with Crippen LogP contribution in [0, 0.1) is 0 Å². The van der Waals surface area contributed by atoms with Gasteiger partial charge in [0.25, 0.3) is 0 Å². The summed E-state index contributed by atoms with van der Waals surface area (Å²) in [6.45, 7) is 4.37. The molecule has 0 N–H and O–H groups in total. The topological polar surface area (TPSA) is 0 Å². The number of allylic oxidation sites excluding steroid dienone is 4. The summed E-state index contributed by atoms with van der Waals surface area (Å²) in [7, 11) is 0. The van der Waals surface area contributed by atoms with E-state index in [0.29, 0.717) is 0 Å². The summed E-state index contributed by atoms with van der Waals surface area (Å²) in [5, 5.41) is 0. The minimum absolute atomic E-state index is 1.23. The molecule has 0 saturated carbocycles. The average Bonchev–Trinajstić information content (AvgIpc) is 2.35. The van der Waals surface area contributed by atoms with E-state index in [-0.39, 0.29) is 0 Å². The van der Waals surface area contributed by atoms with Crippen molar-refractivity contribution in [3.63, 3.8) is 0 Å². The van der Waals surface area contributed by atoms with Crippen molar-refractivity contribution in [1.82, 2.24) is 0 Å². The summed E-state index contributed by atoms with van der Waals surface area (Å²) in [5.74, 6) is 0. The average molecular weight is 236 g/mol. The van der Waals surface area contributed by atoms with Gasteiger partial charge in [-0.2, -0.15) is 0 Å². The molecule has 0 bridgehead atoms. The molecule has 0 heteroatoms. The van der Waals surface area contributed by atoms with E-state index < -0.39 is 0 Å². The number of hydrogen-bond donors (Lipinski definition) is 0. The van der Waals surface area contributed by atoms with Crippen molar-refractivity contribution in [2.75, 3.05) is 0 Å². The van der Waals surface area contributed by atoms with Crippen LogP contribution < -0.4 is 0 Å². The van der Waals surface area contributed by atoms with Crippen LogP contribution in [0.5, 0.6) is 0 Å². The molecule has 0 aliphatic carbocycles. The van der Waals surface area contributed by atoms with Crippen molar-refractivity contribution < 1.29 is 0 Å². The molecule has 0 fully saturated rings. The first-order valence-corrected chi connectivity index (χ1v) is 7.68. The quantitative estimate of drug-likeness (QED) is 0.270. The molecule has 0 nitrogen and oxygen atoms in total. The summed E-state index contributed by atoms with van der Waals surface area (Å²) in [5.41, 5.74) is 0. The summed E-state index contributed by atoms with van der Waals surface area (Å²) in [6.07, 6.45) is 24.1. The predicted molar refractivity (Wildman–Crippen MR) is 80.4 cm³/mol. The fourth-order valence-electron chi connectivity index (χ4n) is 1.98. The second-order valence-electron chi connectivity index (χ2n) is 4.88. The van der Waals surface area contributed by atoms with Crippen LogP contribution >= 0.6 is 0 Å². The van der Waals surface area contributed by atoms with Crippen molar-refractivity contribution >= 4 is 0 Å². The lowest BCUT2D eigenvalue weighted by Crippen LogP contribution is -1.79. The molecule has 0 aliphatic heterocycles. The summed E-state index contributed by atoms with van der Waals surface area (Å²) < 4.78 is 0. The van der Waals surface area contributed by atoms with E-state index in [9.17, 15) is 0 Å². The first-order chi connectivity index (χ1) is 8.41. The second-order valence-corrected chi connectivity index (χ2v) is 4.88. The van der Waals surface area contributed by atoms with Gasteiger partial charge in [0, 0.05) is 0 Å². The van der Waals surface area contributed by atoms with Crippen LogP contribution in [0.15, 0.2) is 24.3 Å². The molecule has 0 amide bonds. The van der Waals surface area contributed by atoms with Crippen LogP contribution in [0.1, 0.15) is 84.5 Å². The first kappa shape index (κ1) is 16.5. The van der Waals surface area contributed by atoms with Gasteiger partial charge in [-0.05, 0) is 39.0 Å². The van der Waals surface area contributed by atoms with Gasteiger partial charge in [0.15, 0.2) is 0 Å². The zero-order chi connectivity index (χ0) is 12.6. The lowest BCUT2D eigenvalue weighted by Gasteiger charge is -1.98. The Balaban J connectivity index is 3.03. The number of hydrogen-bond acceptors (Lipinski definition) is 0. The van der Waals surface area contributed by atoms with E-state index in [1.807, 2.05) is 0 Å². The molecular formula is C17H32. The van der Waals surface area contributed by atoms with Crippen molar-refractivity contribution in [3.8, 4) is 0 Å². The lowest BCUT2D eigenvalue weighted by atomic mass is 10.1. The normalized spacial score (nSPS) is 11.9. The van der Waals surface area contributed by atoms with Crippen LogP contribution in [0.2, 0.25) is 0 Å². The van der Waals surface area contributed by atoms with E-state index in [1.54, 1.807) is 0 Å². The molecule has 0 aromatic heterocycles. The Bertz CT molecular complexity index is 176. The van der Waals surface area contributed by atoms with Crippen molar-refractivity contribution in [1.29, 1.82) is 0 Å². The van der Waals surface area contributed by atoms with Crippen molar-refractivity contribution in [3.05, 3.63) is 24.3 Å². The third-order valence-corrected chi connectivity index (χ3v) is 3.12. The third kappa shape index (κ3) is 15.5. The van der Waals surface area contributed by atoms with Gasteiger partial charge in [-0.15, -0.1) is 0 Å². The highest BCUT2D eigenvalue weighted by Gasteiger charge is 1.89. The second kappa shape index (κ2) is 15.5. The molecule has 0 atom stereocenters. The smallest absolute Gasteiger partial charge is 0.0348 e. The Hall–Kier alpha value is -0.520. The highest BCUT2D eigenvalue weighted by atomic mass is 14.0. The van der Waals surface area contributed by atoms with Crippen LogP contribution in [0.25, 0.3) is 0 Å². The summed E-state index contributed by atoms with van der Waals surface area (Å²) >= 11 is 0. The maximum Gasteiger partial charge on any atom is -0.0348 e. The molecule has 17 heavy (non-hydrogen) atoms. The highest BCUT2D eigenvalue weighted by molar-refractivity contribution is 4.83. The molecule has 0 aliphatic rings. The van der Waals surface area contributed by atoms with E-state index in [0.717, 1.165) is 0 Å². The van der Waals surface area contributed by atoms with Gasteiger partial charge in [-0.25, -0.2) is 0 Å². The van der Waals surface area contributed by atoms with E-state index in [4.69, 9.17) is 0 Å². The number of unbranched alkanes of at least 4 members (excludes halogenated alkanes) is 9. The Morgan fingerprint density at radius 1 is 0.588 bits per heavy atom. The molecule has 0 heterocycles. The Morgan fingerprint density at radius 3 is 1.76 bits per heavy atom. The monoisotopic (exact) mass is 236 g/mol. The fraction of sp³-hybridized carbons (Fsp3) is 0.765. The van der Waals surface area contributed by atoms with Crippen LogP contribution in [0.3, 0.4) is 0 Å². The summed E-state index contributed by atoms with van der Waals surface area (Å²) in [4.78, 5) is 0. The maximum absolute atomic E-state index is 2.38. The van der Waals surface area contributed by atoms with Gasteiger partial charge in [-0.1, -0.05) is 69.8 Å². The Kier molecular flexibility index (Phi) is 15.0. The van der Waals surface area contributed by atoms with Gasteiger partial charge in [0.1, 0.15) is 0 Å². The highest BCUT2D eigenvalue weighted by Crippen LogP contribution is 2.09. The Labute approximate surface area is 109 Å².